The minimum absolute atomic E-state index is 0.127. The molecular formula is C24H21NO5. The van der Waals surface area contributed by atoms with Gasteiger partial charge in [-0.15, -0.1) is 0 Å². The lowest BCUT2D eigenvalue weighted by atomic mass is 10.0. The van der Waals surface area contributed by atoms with E-state index >= 15 is 0 Å². The van der Waals surface area contributed by atoms with Crippen molar-refractivity contribution in [1.29, 1.82) is 0 Å². The molecule has 1 aromatic heterocycles. The number of carboxylic acids is 1. The number of aromatic nitrogens is 1. The Hall–Kier alpha value is -3.93. The van der Waals surface area contributed by atoms with Crippen LogP contribution in [0, 0.1) is 0 Å². The smallest absolute Gasteiger partial charge is 0.307 e. The molecule has 0 atom stereocenters. The zero-order chi connectivity index (χ0) is 21.1. The number of H-pyrrole nitrogens is 1. The zero-order valence-corrected chi connectivity index (χ0v) is 16.6. The van der Waals surface area contributed by atoms with E-state index in [1.165, 1.54) is 0 Å². The number of benzene rings is 3. The molecular weight excluding hydrogens is 382 g/mol. The highest BCUT2D eigenvalue weighted by Crippen LogP contribution is 2.37. The lowest BCUT2D eigenvalue weighted by Crippen LogP contribution is -2.01. The topological polar surface area (TPSA) is 80.8 Å². The van der Waals surface area contributed by atoms with Crippen molar-refractivity contribution in [2.75, 3.05) is 14.2 Å². The van der Waals surface area contributed by atoms with Crippen LogP contribution >= 0.6 is 0 Å². The molecule has 152 valence electrons. The molecule has 3 aromatic carbocycles. The molecule has 0 radical (unpaired) electrons. The number of ether oxygens (including phenoxy) is 3. The monoisotopic (exact) mass is 403 g/mol. The molecule has 0 spiro atoms. The third-order valence-corrected chi connectivity index (χ3v) is 4.86. The highest BCUT2D eigenvalue weighted by atomic mass is 16.5. The summed E-state index contributed by atoms with van der Waals surface area (Å²) in [6.45, 7) is 0. The Labute approximate surface area is 173 Å². The fraction of sp³-hybridized carbons (Fsp3) is 0.125. The Morgan fingerprint density at radius 2 is 1.67 bits per heavy atom. The summed E-state index contributed by atoms with van der Waals surface area (Å²) in [7, 11) is 3.14. The van der Waals surface area contributed by atoms with Crippen molar-refractivity contribution in [2.45, 2.75) is 6.42 Å². The number of hydrogen-bond acceptors (Lipinski definition) is 4. The van der Waals surface area contributed by atoms with E-state index < -0.39 is 5.97 Å². The number of carbonyl (C=O) groups is 1. The minimum atomic E-state index is -0.910. The maximum Gasteiger partial charge on any atom is 0.307 e. The number of hydrogen-bond donors (Lipinski definition) is 2. The Balaban J connectivity index is 1.82. The van der Waals surface area contributed by atoms with Crippen molar-refractivity contribution in [3.8, 4) is 34.3 Å². The molecule has 0 aliphatic heterocycles. The van der Waals surface area contributed by atoms with Gasteiger partial charge in [-0.25, -0.2) is 0 Å². The molecule has 0 unspecified atom stereocenters. The number of nitrogens with one attached hydrogen (secondary N) is 1. The largest absolute Gasteiger partial charge is 0.493 e. The molecule has 4 aromatic rings. The molecule has 0 aliphatic rings. The van der Waals surface area contributed by atoms with Gasteiger partial charge >= 0.3 is 5.97 Å². The van der Waals surface area contributed by atoms with Crippen LogP contribution in [0.25, 0.3) is 22.2 Å². The van der Waals surface area contributed by atoms with Crippen LogP contribution in [-0.4, -0.2) is 30.3 Å². The number of aliphatic carboxylic acids is 1. The Morgan fingerprint density at radius 3 is 2.37 bits per heavy atom. The van der Waals surface area contributed by atoms with Gasteiger partial charge in [0.15, 0.2) is 11.5 Å². The Bertz CT molecular complexity index is 1200. The third-order valence-electron chi connectivity index (χ3n) is 4.86. The van der Waals surface area contributed by atoms with E-state index in [9.17, 15) is 9.90 Å². The lowest BCUT2D eigenvalue weighted by molar-refractivity contribution is -0.136. The molecule has 4 rings (SSSR count). The summed E-state index contributed by atoms with van der Waals surface area (Å²) in [5, 5.41) is 10.3. The van der Waals surface area contributed by atoms with Gasteiger partial charge < -0.3 is 24.3 Å². The van der Waals surface area contributed by atoms with Crippen molar-refractivity contribution in [1.82, 2.24) is 4.98 Å². The van der Waals surface area contributed by atoms with Crippen LogP contribution in [0.2, 0.25) is 0 Å². The van der Waals surface area contributed by atoms with Crippen molar-refractivity contribution in [3.63, 3.8) is 0 Å². The van der Waals surface area contributed by atoms with Crippen molar-refractivity contribution < 1.29 is 24.1 Å². The van der Waals surface area contributed by atoms with Crippen LogP contribution in [-0.2, 0) is 11.2 Å². The molecule has 30 heavy (non-hydrogen) atoms. The summed E-state index contributed by atoms with van der Waals surface area (Å²) in [6, 6.07) is 20.6. The van der Waals surface area contributed by atoms with E-state index in [0.29, 0.717) is 28.6 Å². The van der Waals surface area contributed by atoms with Crippen LogP contribution < -0.4 is 14.2 Å². The van der Waals surface area contributed by atoms with E-state index in [1.54, 1.807) is 20.3 Å². The molecule has 6 heteroatoms. The fourth-order valence-corrected chi connectivity index (χ4v) is 3.49. The van der Waals surface area contributed by atoms with Crippen LogP contribution in [0.5, 0.6) is 23.0 Å². The number of fused-ring (bicyclic) bond motifs is 1. The summed E-state index contributed by atoms with van der Waals surface area (Å²) in [5.74, 6) is 1.62. The van der Waals surface area contributed by atoms with E-state index in [2.05, 4.69) is 4.98 Å². The highest BCUT2D eigenvalue weighted by Gasteiger charge is 2.18. The SMILES string of the molecule is COc1ccc(-c2[nH]c3ccc(Oc4ccccc4)cc3c2CC(=O)O)cc1OC. The molecule has 6 nitrogen and oxygen atoms in total. The van der Waals surface area contributed by atoms with Gasteiger partial charge in [-0.3, -0.25) is 4.79 Å². The Morgan fingerprint density at radius 1 is 0.900 bits per heavy atom. The molecule has 0 bridgehead atoms. The van der Waals surface area contributed by atoms with E-state index in [4.69, 9.17) is 14.2 Å². The van der Waals surface area contributed by atoms with Crippen LogP contribution in [0.4, 0.5) is 0 Å². The average Bonchev–Trinajstić information content (AvgIpc) is 3.11. The fourth-order valence-electron chi connectivity index (χ4n) is 3.49. The second-order valence-corrected chi connectivity index (χ2v) is 6.74. The van der Waals surface area contributed by atoms with Gasteiger partial charge in [-0.2, -0.15) is 0 Å². The van der Waals surface area contributed by atoms with Gasteiger partial charge in [0.05, 0.1) is 26.3 Å². The lowest BCUT2D eigenvalue weighted by Gasteiger charge is -2.10. The second-order valence-electron chi connectivity index (χ2n) is 6.74. The first-order valence-electron chi connectivity index (χ1n) is 9.40. The van der Waals surface area contributed by atoms with E-state index in [-0.39, 0.29) is 6.42 Å². The number of para-hydroxylation sites is 1. The van der Waals surface area contributed by atoms with Gasteiger partial charge in [0.25, 0.3) is 0 Å². The first-order valence-corrected chi connectivity index (χ1v) is 9.40. The van der Waals surface area contributed by atoms with E-state index in [0.717, 1.165) is 22.2 Å². The van der Waals surface area contributed by atoms with Crippen LogP contribution in [0.1, 0.15) is 5.56 Å². The number of methoxy groups -OCH3 is 2. The quantitative estimate of drug-likeness (QED) is 0.439. The maximum absolute atomic E-state index is 11.6. The molecule has 1 heterocycles. The van der Waals surface area contributed by atoms with Crippen molar-refractivity contribution in [3.05, 3.63) is 72.3 Å². The first kappa shape index (κ1) is 19.4. The molecule has 0 saturated heterocycles. The minimum Gasteiger partial charge on any atom is -0.493 e. The normalized spacial score (nSPS) is 10.7. The molecule has 0 fully saturated rings. The molecule has 0 aliphatic carbocycles. The van der Waals surface area contributed by atoms with Gasteiger partial charge in [0.2, 0.25) is 0 Å². The summed E-state index contributed by atoms with van der Waals surface area (Å²) in [6.07, 6.45) is -0.127. The van der Waals surface area contributed by atoms with Gasteiger partial charge in [0, 0.05) is 16.5 Å². The van der Waals surface area contributed by atoms with Crippen molar-refractivity contribution in [2.24, 2.45) is 0 Å². The predicted octanol–water partition coefficient (Wildman–Crippen LogP) is 5.27. The third kappa shape index (κ3) is 3.80. The molecule has 0 amide bonds. The van der Waals surface area contributed by atoms with Crippen LogP contribution in [0.15, 0.2) is 66.7 Å². The van der Waals surface area contributed by atoms with Gasteiger partial charge in [0.1, 0.15) is 11.5 Å². The number of aromatic amines is 1. The summed E-state index contributed by atoms with van der Waals surface area (Å²) in [5.41, 5.74) is 3.05. The summed E-state index contributed by atoms with van der Waals surface area (Å²) in [4.78, 5) is 15.0. The summed E-state index contributed by atoms with van der Waals surface area (Å²) >= 11 is 0. The van der Waals surface area contributed by atoms with E-state index in [1.807, 2.05) is 60.7 Å². The number of carboxylic acid groups (broad SMARTS) is 1. The van der Waals surface area contributed by atoms with Gasteiger partial charge in [-0.1, -0.05) is 18.2 Å². The number of rotatable bonds is 7. The second kappa shape index (κ2) is 8.21. The Kier molecular flexibility index (Phi) is 5.30. The molecule has 2 N–H and O–H groups in total. The predicted molar refractivity (Wildman–Crippen MR) is 115 cm³/mol. The maximum atomic E-state index is 11.6. The standard InChI is InChI=1S/C24H21NO5/c1-28-21-11-8-15(12-22(21)29-2)24-19(14-23(26)27)18-13-17(9-10-20(18)25-24)30-16-6-4-3-5-7-16/h3-13,25H,14H2,1-2H3,(H,26,27). The van der Waals surface area contributed by atoms with Crippen LogP contribution in [0.3, 0.4) is 0 Å². The van der Waals surface area contributed by atoms with Gasteiger partial charge in [-0.05, 0) is 54.1 Å². The molecule has 0 saturated carbocycles. The highest BCUT2D eigenvalue weighted by molar-refractivity contribution is 5.95. The zero-order valence-electron chi connectivity index (χ0n) is 16.6. The summed E-state index contributed by atoms with van der Waals surface area (Å²) < 4.78 is 16.6. The average molecular weight is 403 g/mol. The first-order chi connectivity index (χ1) is 14.6. The van der Waals surface area contributed by atoms with Crippen molar-refractivity contribution >= 4 is 16.9 Å².